The molecule has 86 valence electrons. The smallest absolute Gasteiger partial charge is 0.129 e. The summed E-state index contributed by atoms with van der Waals surface area (Å²) in [7, 11) is 0. The Kier molecular flexibility index (Phi) is 4.22. The number of nitrogens with one attached hydrogen (secondary N) is 1. The van der Waals surface area contributed by atoms with E-state index in [9.17, 15) is 0 Å². The lowest BCUT2D eigenvalue weighted by molar-refractivity contribution is 0.107. The van der Waals surface area contributed by atoms with Gasteiger partial charge in [0, 0.05) is 6.54 Å². The fraction of sp³-hybridized carbons (Fsp3) is 0.333. The van der Waals surface area contributed by atoms with Crippen LogP contribution in [0.15, 0.2) is 45.6 Å². The SMILES string of the molecule is c1coc(CNCCOCc2ccco2)c1. The van der Waals surface area contributed by atoms with Crippen molar-refractivity contribution in [3.63, 3.8) is 0 Å². The third-order valence-corrected chi connectivity index (χ3v) is 2.13. The first-order valence-electron chi connectivity index (χ1n) is 5.28. The molecule has 2 aromatic heterocycles. The zero-order chi connectivity index (χ0) is 11.1. The first-order chi connectivity index (χ1) is 7.95. The number of hydrogen-bond donors (Lipinski definition) is 1. The molecular weight excluding hydrogens is 206 g/mol. The molecule has 2 aromatic rings. The fourth-order valence-corrected chi connectivity index (χ4v) is 1.34. The van der Waals surface area contributed by atoms with Crippen molar-refractivity contribution in [3.8, 4) is 0 Å². The maximum atomic E-state index is 5.41. The van der Waals surface area contributed by atoms with Crippen LogP contribution in [-0.2, 0) is 17.9 Å². The number of furan rings is 2. The van der Waals surface area contributed by atoms with Crippen molar-refractivity contribution in [3.05, 3.63) is 48.3 Å². The summed E-state index contributed by atoms with van der Waals surface area (Å²) in [6, 6.07) is 7.57. The standard InChI is InChI=1S/C12H15NO3/c1-3-11(15-6-1)9-13-5-8-14-10-12-4-2-7-16-12/h1-4,6-7,13H,5,8-10H2. The minimum atomic E-state index is 0.523. The van der Waals surface area contributed by atoms with E-state index < -0.39 is 0 Å². The van der Waals surface area contributed by atoms with Gasteiger partial charge in [0.15, 0.2) is 0 Å². The molecule has 0 aliphatic heterocycles. The molecule has 0 spiro atoms. The Balaban J connectivity index is 1.49. The summed E-state index contributed by atoms with van der Waals surface area (Å²) in [6.45, 7) is 2.70. The lowest BCUT2D eigenvalue weighted by Crippen LogP contribution is -2.18. The van der Waals surface area contributed by atoms with E-state index in [1.165, 1.54) is 0 Å². The highest BCUT2D eigenvalue weighted by Gasteiger charge is 1.96. The molecule has 0 atom stereocenters. The Labute approximate surface area is 94.2 Å². The predicted molar refractivity (Wildman–Crippen MR) is 58.8 cm³/mol. The van der Waals surface area contributed by atoms with Crippen LogP contribution in [0.3, 0.4) is 0 Å². The molecule has 2 heterocycles. The van der Waals surface area contributed by atoms with Gasteiger partial charge in [-0.15, -0.1) is 0 Å². The second-order valence-corrected chi connectivity index (χ2v) is 3.39. The van der Waals surface area contributed by atoms with Crippen molar-refractivity contribution < 1.29 is 13.6 Å². The van der Waals surface area contributed by atoms with Crippen molar-refractivity contribution in [1.82, 2.24) is 5.32 Å². The molecule has 0 bridgehead atoms. The fourth-order valence-electron chi connectivity index (χ4n) is 1.34. The zero-order valence-electron chi connectivity index (χ0n) is 9.02. The van der Waals surface area contributed by atoms with Crippen molar-refractivity contribution >= 4 is 0 Å². The number of hydrogen-bond acceptors (Lipinski definition) is 4. The average molecular weight is 221 g/mol. The molecule has 4 nitrogen and oxygen atoms in total. The van der Waals surface area contributed by atoms with Gasteiger partial charge in [-0.1, -0.05) is 0 Å². The van der Waals surface area contributed by atoms with Gasteiger partial charge in [-0.3, -0.25) is 0 Å². The zero-order valence-corrected chi connectivity index (χ0v) is 9.02. The van der Waals surface area contributed by atoms with Crippen molar-refractivity contribution in [1.29, 1.82) is 0 Å². The van der Waals surface area contributed by atoms with E-state index in [2.05, 4.69) is 5.32 Å². The molecule has 0 amide bonds. The van der Waals surface area contributed by atoms with E-state index in [1.807, 2.05) is 24.3 Å². The first kappa shape index (κ1) is 11.0. The highest BCUT2D eigenvalue weighted by atomic mass is 16.5. The lowest BCUT2D eigenvalue weighted by Gasteiger charge is -2.03. The van der Waals surface area contributed by atoms with Crippen LogP contribution in [-0.4, -0.2) is 13.2 Å². The highest BCUT2D eigenvalue weighted by molar-refractivity contribution is 4.97. The Morgan fingerprint density at radius 3 is 2.50 bits per heavy atom. The van der Waals surface area contributed by atoms with Crippen LogP contribution in [0, 0.1) is 0 Å². The van der Waals surface area contributed by atoms with Gasteiger partial charge in [0.2, 0.25) is 0 Å². The van der Waals surface area contributed by atoms with E-state index in [0.29, 0.717) is 13.2 Å². The van der Waals surface area contributed by atoms with E-state index in [-0.39, 0.29) is 0 Å². The lowest BCUT2D eigenvalue weighted by atomic mass is 10.4. The van der Waals surface area contributed by atoms with Gasteiger partial charge in [-0.2, -0.15) is 0 Å². The topological polar surface area (TPSA) is 47.5 Å². The van der Waals surface area contributed by atoms with Crippen LogP contribution >= 0.6 is 0 Å². The molecule has 1 N–H and O–H groups in total. The molecule has 4 heteroatoms. The molecule has 0 saturated heterocycles. The second kappa shape index (κ2) is 6.15. The van der Waals surface area contributed by atoms with Gasteiger partial charge in [0.1, 0.15) is 18.1 Å². The molecule has 16 heavy (non-hydrogen) atoms. The van der Waals surface area contributed by atoms with Crippen LogP contribution < -0.4 is 5.32 Å². The number of ether oxygens (including phenoxy) is 1. The van der Waals surface area contributed by atoms with Crippen LogP contribution in [0.25, 0.3) is 0 Å². The van der Waals surface area contributed by atoms with Gasteiger partial charge in [0.05, 0.1) is 25.7 Å². The van der Waals surface area contributed by atoms with Gasteiger partial charge >= 0.3 is 0 Å². The maximum absolute atomic E-state index is 5.41. The largest absolute Gasteiger partial charge is 0.468 e. The van der Waals surface area contributed by atoms with Crippen molar-refractivity contribution in [2.45, 2.75) is 13.2 Å². The summed E-state index contributed by atoms with van der Waals surface area (Å²) in [6.07, 6.45) is 3.32. The van der Waals surface area contributed by atoms with Crippen LogP contribution in [0.1, 0.15) is 11.5 Å². The third kappa shape index (κ3) is 3.56. The molecule has 0 unspecified atom stereocenters. The maximum Gasteiger partial charge on any atom is 0.129 e. The van der Waals surface area contributed by atoms with E-state index >= 15 is 0 Å². The summed E-state index contributed by atoms with van der Waals surface area (Å²) in [5.74, 6) is 1.79. The monoisotopic (exact) mass is 221 g/mol. The minimum Gasteiger partial charge on any atom is -0.468 e. The van der Waals surface area contributed by atoms with E-state index in [4.69, 9.17) is 13.6 Å². The van der Waals surface area contributed by atoms with Gasteiger partial charge in [-0.05, 0) is 24.3 Å². The van der Waals surface area contributed by atoms with Crippen molar-refractivity contribution in [2.75, 3.05) is 13.2 Å². The summed E-state index contributed by atoms with van der Waals surface area (Å²) in [4.78, 5) is 0. The molecule has 0 fully saturated rings. The summed E-state index contributed by atoms with van der Waals surface area (Å²) in [5.41, 5.74) is 0. The minimum absolute atomic E-state index is 0.523. The average Bonchev–Trinajstić information content (AvgIpc) is 2.96. The molecule has 0 aliphatic rings. The second-order valence-electron chi connectivity index (χ2n) is 3.39. The Morgan fingerprint density at radius 1 is 1.06 bits per heavy atom. The van der Waals surface area contributed by atoms with Crippen LogP contribution in [0.5, 0.6) is 0 Å². The van der Waals surface area contributed by atoms with Crippen LogP contribution in [0.2, 0.25) is 0 Å². The van der Waals surface area contributed by atoms with Gasteiger partial charge < -0.3 is 18.9 Å². The predicted octanol–water partition coefficient (Wildman–Crippen LogP) is 2.18. The van der Waals surface area contributed by atoms with Gasteiger partial charge in [-0.25, -0.2) is 0 Å². The number of rotatable bonds is 7. The first-order valence-corrected chi connectivity index (χ1v) is 5.28. The van der Waals surface area contributed by atoms with Crippen LogP contribution in [0.4, 0.5) is 0 Å². The molecule has 0 saturated carbocycles. The highest BCUT2D eigenvalue weighted by Crippen LogP contribution is 2.01. The molecule has 2 rings (SSSR count). The Hall–Kier alpha value is -1.52. The summed E-state index contributed by atoms with van der Waals surface area (Å²) >= 11 is 0. The Morgan fingerprint density at radius 2 is 1.81 bits per heavy atom. The third-order valence-electron chi connectivity index (χ3n) is 2.13. The molecule has 0 aromatic carbocycles. The van der Waals surface area contributed by atoms with Crippen molar-refractivity contribution in [2.24, 2.45) is 0 Å². The molecular formula is C12H15NO3. The summed E-state index contributed by atoms with van der Waals surface area (Å²) in [5, 5.41) is 3.22. The van der Waals surface area contributed by atoms with Gasteiger partial charge in [0.25, 0.3) is 0 Å². The van der Waals surface area contributed by atoms with E-state index in [1.54, 1.807) is 12.5 Å². The normalized spacial score (nSPS) is 10.8. The molecule has 0 radical (unpaired) electrons. The van der Waals surface area contributed by atoms with E-state index in [0.717, 1.165) is 24.6 Å². The molecule has 0 aliphatic carbocycles. The Bertz CT molecular complexity index is 329. The quantitative estimate of drug-likeness (QED) is 0.728. The summed E-state index contributed by atoms with van der Waals surface area (Å²) < 4.78 is 15.7.